The monoisotopic (exact) mass is 485 g/mol. The van der Waals surface area contributed by atoms with E-state index >= 15 is 0 Å². The van der Waals surface area contributed by atoms with Gasteiger partial charge in [-0.25, -0.2) is 0 Å². The summed E-state index contributed by atoms with van der Waals surface area (Å²) >= 11 is 5.14. The lowest BCUT2D eigenvalue weighted by Crippen LogP contribution is -2.21. The first-order valence-corrected chi connectivity index (χ1v) is 12.1. The molecule has 0 aliphatic rings. The Balaban J connectivity index is 1.76. The van der Waals surface area contributed by atoms with Crippen LogP contribution in [0.1, 0.15) is 44.1 Å². The van der Waals surface area contributed by atoms with Gasteiger partial charge in [-0.05, 0) is 55.7 Å². The Morgan fingerprint density at radius 2 is 1.70 bits per heavy atom. The van der Waals surface area contributed by atoms with E-state index in [0.29, 0.717) is 0 Å². The van der Waals surface area contributed by atoms with Crippen molar-refractivity contribution < 1.29 is 0 Å². The van der Waals surface area contributed by atoms with Crippen LogP contribution < -0.4 is 4.90 Å². The lowest BCUT2D eigenvalue weighted by molar-refractivity contribution is 0.700. The molecule has 0 spiro atoms. The van der Waals surface area contributed by atoms with Gasteiger partial charge in [-0.3, -0.25) is 0 Å². The quantitative estimate of drug-likeness (QED) is 0.260. The van der Waals surface area contributed by atoms with Crippen molar-refractivity contribution in [3.05, 3.63) is 70.0 Å². The number of anilines is 1. The minimum absolute atomic E-state index is 0.817. The molecule has 7 heteroatoms. The number of nitrogens with zero attached hydrogens (tertiary/aromatic N) is 5. The molecule has 3 rings (SSSR count). The summed E-state index contributed by atoms with van der Waals surface area (Å²) in [6.45, 7) is 8.50. The first-order chi connectivity index (χ1) is 14.6. The standard InChI is InChI=1S/C23H28BrN5S/c1-4-7-22-26-27-23(30-17-19-8-12-20(24)13-9-19)29(22)25-16-18-10-14-21(15-11-18)28(5-2)6-3/h8-16H,4-7,17H2,1-3H3/b25-16+. The zero-order chi connectivity index (χ0) is 21.3. The maximum absolute atomic E-state index is 4.72. The van der Waals surface area contributed by atoms with Gasteiger partial charge in [-0.1, -0.05) is 58.9 Å². The SMILES string of the molecule is CCCc1nnc(SCc2ccc(Br)cc2)n1/N=C/c1ccc(N(CC)CC)cc1. The fraction of sp³-hybridized carbons (Fsp3) is 0.348. The summed E-state index contributed by atoms with van der Waals surface area (Å²) in [6, 6.07) is 16.9. The molecule has 0 saturated carbocycles. The van der Waals surface area contributed by atoms with Crippen LogP contribution in [0.15, 0.2) is 63.3 Å². The highest BCUT2D eigenvalue weighted by molar-refractivity contribution is 9.10. The van der Waals surface area contributed by atoms with Crippen LogP contribution in [-0.4, -0.2) is 34.2 Å². The highest BCUT2D eigenvalue weighted by atomic mass is 79.9. The normalized spacial score (nSPS) is 11.3. The number of halogens is 1. The van der Waals surface area contributed by atoms with Crippen molar-refractivity contribution in [3.8, 4) is 0 Å². The van der Waals surface area contributed by atoms with E-state index in [1.807, 2.05) is 10.9 Å². The molecule has 2 aromatic carbocycles. The van der Waals surface area contributed by atoms with E-state index in [1.54, 1.807) is 11.8 Å². The second-order valence-electron chi connectivity index (χ2n) is 6.88. The number of hydrogen-bond acceptors (Lipinski definition) is 5. The molecule has 0 amide bonds. The third kappa shape index (κ3) is 5.95. The topological polar surface area (TPSA) is 46.3 Å². The molecule has 0 atom stereocenters. The largest absolute Gasteiger partial charge is 0.372 e. The maximum atomic E-state index is 4.72. The Kier molecular flexibility index (Phi) is 8.51. The predicted molar refractivity (Wildman–Crippen MR) is 131 cm³/mol. The second-order valence-corrected chi connectivity index (χ2v) is 8.74. The van der Waals surface area contributed by atoms with Crippen LogP contribution in [0.4, 0.5) is 5.69 Å². The van der Waals surface area contributed by atoms with Gasteiger partial charge in [0.05, 0.1) is 6.21 Å². The molecule has 0 aliphatic carbocycles. The maximum Gasteiger partial charge on any atom is 0.212 e. The minimum Gasteiger partial charge on any atom is -0.372 e. The molecule has 0 saturated heterocycles. The van der Waals surface area contributed by atoms with Crippen LogP contribution in [0.3, 0.4) is 0 Å². The molecule has 1 aromatic heterocycles. The van der Waals surface area contributed by atoms with Crippen molar-refractivity contribution in [2.45, 2.75) is 44.5 Å². The zero-order valence-corrected chi connectivity index (χ0v) is 20.2. The van der Waals surface area contributed by atoms with Crippen LogP contribution in [0.5, 0.6) is 0 Å². The van der Waals surface area contributed by atoms with Crippen molar-refractivity contribution >= 4 is 39.6 Å². The molecule has 0 fully saturated rings. The molecule has 5 nitrogen and oxygen atoms in total. The third-order valence-corrected chi connectivity index (χ3v) is 6.29. The van der Waals surface area contributed by atoms with Gasteiger partial charge < -0.3 is 4.90 Å². The summed E-state index contributed by atoms with van der Waals surface area (Å²) in [5, 5.41) is 14.3. The molecule has 3 aromatic rings. The molecule has 0 bridgehead atoms. The summed E-state index contributed by atoms with van der Waals surface area (Å²) < 4.78 is 2.96. The molecule has 0 N–H and O–H groups in total. The van der Waals surface area contributed by atoms with Gasteiger partial charge in [0.1, 0.15) is 0 Å². The van der Waals surface area contributed by atoms with Crippen LogP contribution in [0, 0.1) is 0 Å². The van der Waals surface area contributed by atoms with E-state index in [1.165, 1.54) is 11.3 Å². The lowest BCUT2D eigenvalue weighted by Gasteiger charge is -2.20. The van der Waals surface area contributed by atoms with E-state index < -0.39 is 0 Å². The molecule has 0 aliphatic heterocycles. The van der Waals surface area contributed by atoms with E-state index in [2.05, 4.69) is 100 Å². The van der Waals surface area contributed by atoms with Crippen LogP contribution in [-0.2, 0) is 12.2 Å². The second kappa shape index (κ2) is 11.3. The highest BCUT2D eigenvalue weighted by Crippen LogP contribution is 2.23. The van der Waals surface area contributed by atoms with Gasteiger partial charge >= 0.3 is 0 Å². The molecule has 0 radical (unpaired) electrons. The number of benzene rings is 2. The molecular weight excluding hydrogens is 458 g/mol. The fourth-order valence-electron chi connectivity index (χ4n) is 3.09. The van der Waals surface area contributed by atoms with Crippen molar-refractivity contribution in [1.82, 2.24) is 14.9 Å². The number of thioether (sulfide) groups is 1. The molecular formula is C23H28BrN5S. The Hall–Kier alpha value is -2.12. The van der Waals surface area contributed by atoms with Crippen LogP contribution in [0.2, 0.25) is 0 Å². The first-order valence-electron chi connectivity index (χ1n) is 10.4. The predicted octanol–water partition coefficient (Wildman–Crippen LogP) is 6.01. The molecule has 158 valence electrons. The summed E-state index contributed by atoms with van der Waals surface area (Å²) in [4.78, 5) is 2.33. The van der Waals surface area contributed by atoms with E-state index in [9.17, 15) is 0 Å². The summed E-state index contributed by atoms with van der Waals surface area (Å²) in [5.74, 6) is 1.72. The molecule has 1 heterocycles. The van der Waals surface area contributed by atoms with Gasteiger partial charge in [0.25, 0.3) is 0 Å². The Labute approximate surface area is 191 Å². The van der Waals surface area contributed by atoms with Crippen molar-refractivity contribution in [3.63, 3.8) is 0 Å². The van der Waals surface area contributed by atoms with Gasteiger partial charge in [0.2, 0.25) is 5.16 Å². The number of rotatable bonds is 10. The number of aryl methyl sites for hydroxylation is 1. The van der Waals surface area contributed by atoms with Gasteiger partial charge in [-0.2, -0.15) is 9.78 Å². The fourth-order valence-corrected chi connectivity index (χ4v) is 4.22. The van der Waals surface area contributed by atoms with Crippen molar-refractivity contribution in [2.24, 2.45) is 5.10 Å². The summed E-state index contributed by atoms with van der Waals surface area (Å²) in [7, 11) is 0. The Morgan fingerprint density at radius 1 is 1.00 bits per heavy atom. The number of hydrogen-bond donors (Lipinski definition) is 0. The smallest absolute Gasteiger partial charge is 0.212 e. The third-order valence-electron chi connectivity index (χ3n) is 4.78. The average molecular weight is 486 g/mol. The zero-order valence-electron chi connectivity index (χ0n) is 17.8. The first kappa shape index (κ1) is 22.6. The van der Waals surface area contributed by atoms with Gasteiger partial charge in [-0.15, -0.1) is 10.2 Å². The molecule has 30 heavy (non-hydrogen) atoms. The van der Waals surface area contributed by atoms with Crippen LogP contribution >= 0.6 is 27.7 Å². The summed E-state index contributed by atoms with van der Waals surface area (Å²) in [6.07, 6.45) is 3.74. The average Bonchev–Trinajstić information content (AvgIpc) is 3.15. The highest BCUT2D eigenvalue weighted by Gasteiger charge is 2.11. The Bertz CT molecular complexity index is 947. The lowest BCUT2D eigenvalue weighted by atomic mass is 10.2. The minimum atomic E-state index is 0.817. The van der Waals surface area contributed by atoms with Gasteiger partial charge in [0, 0.05) is 35.4 Å². The van der Waals surface area contributed by atoms with E-state index in [4.69, 9.17) is 5.10 Å². The van der Waals surface area contributed by atoms with Crippen molar-refractivity contribution in [2.75, 3.05) is 18.0 Å². The Morgan fingerprint density at radius 3 is 2.33 bits per heavy atom. The number of aromatic nitrogens is 3. The molecule has 0 unspecified atom stereocenters. The van der Waals surface area contributed by atoms with Gasteiger partial charge in [0.15, 0.2) is 5.82 Å². The summed E-state index contributed by atoms with van der Waals surface area (Å²) in [5.41, 5.74) is 3.54. The van der Waals surface area contributed by atoms with Crippen molar-refractivity contribution in [1.29, 1.82) is 0 Å². The van der Waals surface area contributed by atoms with E-state index in [0.717, 1.165) is 52.7 Å². The van der Waals surface area contributed by atoms with Crippen LogP contribution in [0.25, 0.3) is 0 Å². The van der Waals surface area contributed by atoms with E-state index in [-0.39, 0.29) is 0 Å².